The number of nitriles is 1. The number of hydrogen-bond donors (Lipinski definition) is 1. The fourth-order valence-corrected chi connectivity index (χ4v) is 1.69. The molecule has 0 aliphatic carbocycles. The lowest BCUT2D eigenvalue weighted by Gasteiger charge is -2.09. The minimum Gasteiger partial charge on any atom is -0.355 e. The fraction of sp³-hybridized carbons (Fsp3) is 0.429. The molecule has 1 aromatic carbocycles. The summed E-state index contributed by atoms with van der Waals surface area (Å²) in [7, 11) is 0. The molecule has 0 saturated heterocycles. The molecule has 0 aromatic heterocycles. The Kier molecular flexibility index (Phi) is 5.86. The van der Waals surface area contributed by atoms with E-state index in [0.717, 1.165) is 6.42 Å². The van der Waals surface area contributed by atoms with Gasteiger partial charge in [0.15, 0.2) is 0 Å². The molecular formula is C14H17FN2O. The number of rotatable bonds is 6. The summed E-state index contributed by atoms with van der Waals surface area (Å²) in [6.45, 7) is 2.28. The first-order chi connectivity index (χ1) is 8.69. The van der Waals surface area contributed by atoms with Crippen LogP contribution < -0.4 is 5.32 Å². The lowest BCUT2D eigenvalue weighted by atomic mass is 10.0. The second-order valence-electron chi connectivity index (χ2n) is 4.10. The number of hydrogen-bond acceptors (Lipinski definition) is 2. The summed E-state index contributed by atoms with van der Waals surface area (Å²) in [6, 6.07) is 8.45. The number of benzene rings is 1. The Morgan fingerprint density at radius 3 is 2.83 bits per heavy atom. The number of amides is 1. The Labute approximate surface area is 107 Å². The first kappa shape index (κ1) is 14.2. The van der Waals surface area contributed by atoms with E-state index in [1.54, 1.807) is 18.2 Å². The van der Waals surface area contributed by atoms with Gasteiger partial charge in [0.25, 0.3) is 0 Å². The zero-order chi connectivity index (χ0) is 13.4. The number of carbonyl (C=O) groups excluding carboxylic acids is 1. The van der Waals surface area contributed by atoms with Crippen molar-refractivity contribution in [2.45, 2.75) is 26.2 Å². The van der Waals surface area contributed by atoms with E-state index in [-0.39, 0.29) is 11.7 Å². The zero-order valence-electron chi connectivity index (χ0n) is 10.4. The van der Waals surface area contributed by atoms with Gasteiger partial charge >= 0.3 is 0 Å². The number of nitrogens with one attached hydrogen (secondary N) is 1. The summed E-state index contributed by atoms with van der Waals surface area (Å²) in [6.07, 6.45) is 1.78. The van der Waals surface area contributed by atoms with E-state index in [4.69, 9.17) is 5.26 Å². The zero-order valence-corrected chi connectivity index (χ0v) is 10.4. The molecule has 0 saturated carbocycles. The van der Waals surface area contributed by atoms with Crippen LogP contribution in [0, 0.1) is 23.1 Å². The normalized spacial score (nSPS) is 11.6. The van der Waals surface area contributed by atoms with Gasteiger partial charge in [0.2, 0.25) is 5.91 Å². The van der Waals surface area contributed by atoms with Crippen molar-refractivity contribution in [3.05, 3.63) is 35.6 Å². The smallest absolute Gasteiger partial charge is 0.237 e. The summed E-state index contributed by atoms with van der Waals surface area (Å²) >= 11 is 0. The molecule has 0 bridgehead atoms. The average molecular weight is 248 g/mol. The van der Waals surface area contributed by atoms with Gasteiger partial charge in [-0.1, -0.05) is 31.5 Å². The summed E-state index contributed by atoms with van der Waals surface area (Å²) in [5, 5.41) is 11.5. The Bertz CT molecular complexity index is 440. The maximum atomic E-state index is 13.3. The summed E-state index contributed by atoms with van der Waals surface area (Å²) in [5.74, 6) is -1.14. The molecule has 3 nitrogen and oxygen atoms in total. The highest BCUT2D eigenvalue weighted by Crippen LogP contribution is 2.07. The van der Waals surface area contributed by atoms with Crippen LogP contribution in [-0.2, 0) is 11.2 Å². The van der Waals surface area contributed by atoms with Gasteiger partial charge in [-0.25, -0.2) is 4.39 Å². The third-order valence-corrected chi connectivity index (χ3v) is 2.70. The maximum absolute atomic E-state index is 13.3. The van der Waals surface area contributed by atoms with Crippen molar-refractivity contribution in [2.75, 3.05) is 6.54 Å². The van der Waals surface area contributed by atoms with Gasteiger partial charge in [-0.05, 0) is 24.5 Å². The van der Waals surface area contributed by atoms with Crippen molar-refractivity contribution in [1.82, 2.24) is 5.32 Å². The molecule has 18 heavy (non-hydrogen) atoms. The SMILES string of the molecule is CCCC(C#N)C(=O)NCCc1ccccc1F. The molecule has 1 unspecified atom stereocenters. The molecule has 96 valence electrons. The van der Waals surface area contributed by atoms with Crippen LogP contribution in [0.25, 0.3) is 0 Å². The predicted molar refractivity (Wildman–Crippen MR) is 67.1 cm³/mol. The van der Waals surface area contributed by atoms with Crippen LogP contribution in [0.15, 0.2) is 24.3 Å². The molecule has 4 heteroatoms. The predicted octanol–water partition coefficient (Wildman–Crippen LogP) is 2.42. The van der Waals surface area contributed by atoms with Crippen LogP contribution in [0.2, 0.25) is 0 Å². The first-order valence-corrected chi connectivity index (χ1v) is 6.09. The van der Waals surface area contributed by atoms with E-state index >= 15 is 0 Å². The molecule has 0 aliphatic heterocycles. The third kappa shape index (κ3) is 4.17. The second-order valence-corrected chi connectivity index (χ2v) is 4.10. The molecule has 1 N–H and O–H groups in total. The summed E-state index contributed by atoms with van der Waals surface area (Å²) < 4.78 is 13.3. The molecule has 1 amide bonds. The molecule has 0 spiro atoms. The summed E-state index contributed by atoms with van der Waals surface area (Å²) in [5.41, 5.74) is 0.571. The van der Waals surface area contributed by atoms with Crippen LogP contribution in [0.1, 0.15) is 25.3 Å². The fourth-order valence-electron chi connectivity index (χ4n) is 1.69. The van der Waals surface area contributed by atoms with Crippen molar-refractivity contribution in [1.29, 1.82) is 5.26 Å². The standard InChI is InChI=1S/C14H17FN2O/c1-2-5-12(10-16)14(18)17-9-8-11-6-3-4-7-13(11)15/h3-4,6-7,12H,2,5,8-9H2,1H3,(H,17,18). The van der Waals surface area contributed by atoms with Crippen LogP contribution in [0.4, 0.5) is 4.39 Å². The van der Waals surface area contributed by atoms with Crippen LogP contribution in [0.5, 0.6) is 0 Å². The second kappa shape index (κ2) is 7.44. The Hall–Kier alpha value is -1.89. The molecule has 0 radical (unpaired) electrons. The lowest BCUT2D eigenvalue weighted by molar-refractivity contribution is -0.123. The van der Waals surface area contributed by atoms with Gasteiger partial charge in [-0.3, -0.25) is 4.79 Å². The van der Waals surface area contributed by atoms with E-state index in [0.29, 0.717) is 24.9 Å². The Morgan fingerprint density at radius 2 is 2.22 bits per heavy atom. The van der Waals surface area contributed by atoms with E-state index in [1.165, 1.54) is 6.07 Å². The molecule has 1 aromatic rings. The summed E-state index contributed by atoms with van der Waals surface area (Å²) in [4.78, 5) is 11.6. The van der Waals surface area contributed by atoms with Gasteiger partial charge in [-0.15, -0.1) is 0 Å². The average Bonchev–Trinajstić information content (AvgIpc) is 2.38. The molecule has 0 aliphatic rings. The third-order valence-electron chi connectivity index (χ3n) is 2.70. The van der Waals surface area contributed by atoms with Crippen molar-refractivity contribution < 1.29 is 9.18 Å². The van der Waals surface area contributed by atoms with Gasteiger partial charge in [0.05, 0.1) is 6.07 Å². The van der Waals surface area contributed by atoms with Crippen molar-refractivity contribution in [3.63, 3.8) is 0 Å². The van der Waals surface area contributed by atoms with Crippen LogP contribution >= 0.6 is 0 Å². The van der Waals surface area contributed by atoms with Crippen LogP contribution in [0.3, 0.4) is 0 Å². The largest absolute Gasteiger partial charge is 0.355 e. The Balaban J connectivity index is 2.40. The highest BCUT2D eigenvalue weighted by molar-refractivity contribution is 5.80. The number of carbonyl (C=O) groups is 1. The van der Waals surface area contributed by atoms with Crippen molar-refractivity contribution >= 4 is 5.91 Å². The lowest BCUT2D eigenvalue weighted by Crippen LogP contribution is -2.31. The van der Waals surface area contributed by atoms with Gasteiger partial charge < -0.3 is 5.32 Å². The highest BCUT2D eigenvalue weighted by Gasteiger charge is 2.15. The molecule has 1 rings (SSSR count). The van der Waals surface area contributed by atoms with Gasteiger partial charge in [-0.2, -0.15) is 5.26 Å². The number of nitrogens with zero attached hydrogens (tertiary/aromatic N) is 1. The first-order valence-electron chi connectivity index (χ1n) is 6.09. The van der Waals surface area contributed by atoms with E-state index in [9.17, 15) is 9.18 Å². The van der Waals surface area contributed by atoms with Gasteiger partial charge in [0.1, 0.15) is 11.7 Å². The van der Waals surface area contributed by atoms with E-state index in [2.05, 4.69) is 5.32 Å². The highest BCUT2D eigenvalue weighted by atomic mass is 19.1. The molecule has 0 heterocycles. The molecule has 1 atom stereocenters. The van der Waals surface area contributed by atoms with Crippen LogP contribution in [-0.4, -0.2) is 12.5 Å². The van der Waals surface area contributed by atoms with Crippen molar-refractivity contribution in [2.24, 2.45) is 5.92 Å². The minimum atomic E-state index is -0.601. The quantitative estimate of drug-likeness (QED) is 0.840. The van der Waals surface area contributed by atoms with Crippen molar-refractivity contribution in [3.8, 4) is 6.07 Å². The van der Waals surface area contributed by atoms with E-state index in [1.807, 2.05) is 13.0 Å². The molecule has 0 fully saturated rings. The monoisotopic (exact) mass is 248 g/mol. The molecular weight excluding hydrogens is 231 g/mol. The Morgan fingerprint density at radius 1 is 1.50 bits per heavy atom. The number of halogens is 1. The van der Waals surface area contributed by atoms with E-state index < -0.39 is 5.92 Å². The van der Waals surface area contributed by atoms with Gasteiger partial charge in [0, 0.05) is 6.54 Å². The maximum Gasteiger partial charge on any atom is 0.237 e. The topological polar surface area (TPSA) is 52.9 Å². The minimum absolute atomic E-state index is 0.267.